The Kier molecular flexibility index (Phi) is 3.46. The van der Waals surface area contributed by atoms with E-state index in [1.165, 1.54) is 12.5 Å². The Morgan fingerprint density at radius 2 is 1.95 bits per heavy atom. The number of hydrogen-bond donors (Lipinski definition) is 1. The van der Waals surface area contributed by atoms with Crippen molar-refractivity contribution in [3.05, 3.63) is 18.0 Å². The fourth-order valence-electron chi connectivity index (χ4n) is 2.76. The molecule has 1 fully saturated rings. The average molecular weight is 299 g/mol. The number of nitrogens with one attached hydrogen (secondary N) is 1. The number of alkyl halides is 3. The van der Waals surface area contributed by atoms with Crippen molar-refractivity contribution in [1.82, 2.24) is 19.8 Å². The van der Waals surface area contributed by atoms with Crippen molar-refractivity contribution in [3.8, 4) is 0 Å². The van der Waals surface area contributed by atoms with E-state index in [9.17, 15) is 13.2 Å². The third-order valence-electron chi connectivity index (χ3n) is 3.96. The molecule has 0 unspecified atom stereocenters. The summed E-state index contributed by atoms with van der Waals surface area (Å²) in [7, 11) is 0. The molecule has 1 N–H and O–H groups in total. The number of halogens is 3. The zero-order valence-electron chi connectivity index (χ0n) is 11.6. The summed E-state index contributed by atoms with van der Waals surface area (Å²) in [6.07, 6.45) is -0.0984. The van der Waals surface area contributed by atoms with Crippen LogP contribution in [-0.4, -0.2) is 25.9 Å². The lowest BCUT2D eigenvalue weighted by atomic mass is 9.86. The molecule has 2 atom stereocenters. The van der Waals surface area contributed by atoms with Crippen molar-refractivity contribution in [2.24, 2.45) is 5.92 Å². The van der Waals surface area contributed by atoms with Crippen LogP contribution in [0.25, 0.3) is 5.65 Å². The molecule has 1 aliphatic carbocycles. The first-order chi connectivity index (χ1) is 9.95. The van der Waals surface area contributed by atoms with Gasteiger partial charge in [0.15, 0.2) is 5.65 Å². The minimum Gasteiger partial charge on any atom is -0.366 e. The van der Waals surface area contributed by atoms with Crippen LogP contribution < -0.4 is 5.32 Å². The molecule has 5 nitrogen and oxygen atoms in total. The molecule has 0 aromatic carbocycles. The Bertz CT molecular complexity index is 636. The first-order valence-electron chi connectivity index (χ1n) is 7.01. The highest BCUT2D eigenvalue weighted by molar-refractivity contribution is 5.44. The van der Waals surface area contributed by atoms with Gasteiger partial charge in [-0.2, -0.15) is 17.7 Å². The van der Waals surface area contributed by atoms with Gasteiger partial charge in [0, 0.05) is 6.04 Å². The largest absolute Gasteiger partial charge is 0.453 e. The van der Waals surface area contributed by atoms with E-state index in [1.54, 1.807) is 6.07 Å². The quantitative estimate of drug-likeness (QED) is 0.925. The standard InChI is InChI=1S/C13H16F3N5/c1-8-4-2-3-5-9(8)17-10-6-7-11-18-19-12(13(14,15)16)21(11)20-10/h6-9H,2-5H2,1H3,(H,17,20)/t8-,9+/m0/s1. The van der Waals surface area contributed by atoms with Gasteiger partial charge in [0.25, 0.3) is 5.82 Å². The van der Waals surface area contributed by atoms with Crippen LogP contribution in [0.2, 0.25) is 0 Å². The van der Waals surface area contributed by atoms with E-state index in [1.807, 2.05) is 0 Å². The maximum atomic E-state index is 12.8. The molecule has 21 heavy (non-hydrogen) atoms. The molecule has 114 valence electrons. The summed E-state index contributed by atoms with van der Waals surface area (Å²) in [4.78, 5) is 0. The summed E-state index contributed by atoms with van der Waals surface area (Å²) in [6, 6.07) is 3.38. The highest BCUT2D eigenvalue weighted by atomic mass is 19.4. The molecule has 0 aliphatic heterocycles. The molecular weight excluding hydrogens is 283 g/mol. The van der Waals surface area contributed by atoms with Gasteiger partial charge < -0.3 is 5.32 Å². The van der Waals surface area contributed by atoms with Gasteiger partial charge in [-0.15, -0.1) is 15.3 Å². The van der Waals surface area contributed by atoms with Gasteiger partial charge in [-0.25, -0.2) is 0 Å². The fraction of sp³-hybridized carbons (Fsp3) is 0.615. The second-order valence-corrected chi connectivity index (χ2v) is 5.52. The van der Waals surface area contributed by atoms with Gasteiger partial charge in [0.05, 0.1) is 0 Å². The van der Waals surface area contributed by atoms with Crippen LogP contribution in [-0.2, 0) is 6.18 Å². The zero-order valence-corrected chi connectivity index (χ0v) is 11.6. The average Bonchev–Trinajstić information content (AvgIpc) is 2.84. The SMILES string of the molecule is C[C@H]1CCCC[C@H]1Nc1ccc2nnc(C(F)(F)F)n2n1. The van der Waals surface area contributed by atoms with Crippen LogP contribution in [0.3, 0.4) is 0 Å². The van der Waals surface area contributed by atoms with Gasteiger partial charge in [-0.1, -0.05) is 19.8 Å². The molecule has 2 aromatic rings. The van der Waals surface area contributed by atoms with E-state index in [4.69, 9.17) is 0 Å². The predicted octanol–water partition coefficient (Wildman–Crippen LogP) is 3.13. The van der Waals surface area contributed by atoms with Gasteiger partial charge in [0.1, 0.15) is 5.82 Å². The van der Waals surface area contributed by atoms with Crippen molar-refractivity contribution in [2.45, 2.75) is 44.8 Å². The topological polar surface area (TPSA) is 55.1 Å². The Labute approximate surface area is 119 Å². The van der Waals surface area contributed by atoms with E-state index in [2.05, 4.69) is 27.5 Å². The Balaban J connectivity index is 1.89. The van der Waals surface area contributed by atoms with E-state index >= 15 is 0 Å². The summed E-state index contributed by atoms with van der Waals surface area (Å²) in [5.74, 6) is -0.191. The molecule has 0 spiro atoms. The first-order valence-corrected chi connectivity index (χ1v) is 7.01. The van der Waals surface area contributed by atoms with E-state index in [0.717, 1.165) is 23.8 Å². The third-order valence-corrected chi connectivity index (χ3v) is 3.96. The number of nitrogens with zero attached hydrogens (tertiary/aromatic N) is 4. The molecule has 1 aliphatic rings. The Hall–Kier alpha value is -1.86. The van der Waals surface area contributed by atoms with Crippen LogP contribution in [0.1, 0.15) is 38.4 Å². The number of rotatable bonds is 2. The number of hydrogen-bond acceptors (Lipinski definition) is 4. The van der Waals surface area contributed by atoms with Crippen molar-refractivity contribution < 1.29 is 13.2 Å². The molecule has 8 heteroatoms. The molecule has 1 saturated carbocycles. The van der Waals surface area contributed by atoms with Crippen LogP contribution in [0, 0.1) is 5.92 Å². The molecule has 0 amide bonds. The summed E-state index contributed by atoms with van der Waals surface area (Å²) < 4.78 is 39.2. The fourth-order valence-corrected chi connectivity index (χ4v) is 2.76. The third kappa shape index (κ3) is 2.79. The number of anilines is 1. The maximum Gasteiger partial charge on any atom is 0.453 e. The molecular formula is C13H16F3N5. The molecule has 3 rings (SSSR count). The monoisotopic (exact) mass is 299 g/mol. The van der Waals surface area contributed by atoms with E-state index in [-0.39, 0.29) is 11.7 Å². The molecule has 0 radical (unpaired) electrons. The van der Waals surface area contributed by atoms with Crippen LogP contribution in [0.4, 0.5) is 19.0 Å². The van der Waals surface area contributed by atoms with Crippen LogP contribution in [0.5, 0.6) is 0 Å². The molecule has 2 heterocycles. The number of fused-ring (bicyclic) bond motifs is 1. The van der Waals surface area contributed by atoms with Gasteiger partial charge in [0.2, 0.25) is 0 Å². The lowest BCUT2D eigenvalue weighted by Crippen LogP contribution is -2.31. The van der Waals surface area contributed by atoms with Crippen molar-refractivity contribution >= 4 is 11.5 Å². The van der Waals surface area contributed by atoms with Crippen molar-refractivity contribution in [2.75, 3.05) is 5.32 Å². The summed E-state index contributed by atoms with van der Waals surface area (Å²) in [5.41, 5.74) is 0.0876. The lowest BCUT2D eigenvalue weighted by Gasteiger charge is -2.29. The van der Waals surface area contributed by atoms with Gasteiger partial charge in [-0.3, -0.25) is 0 Å². The minimum absolute atomic E-state index is 0.0876. The van der Waals surface area contributed by atoms with Gasteiger partial charge in [-0.05, 0) is 30.9 Å². The van der Waals surface area contributed by atoms with Crippen LogP contribution in [0.15, 0.2) is 12.1 Å². The summed E-state index contributed by atoms with van der Waals surface area (Å²) in [6.45, 7) is 2.15. The maximum absolute atomic E-state index is 12.8. The Morgan fingerprint density at radius 1 is 1.19 bits per heavy atom. The second kappa shape index (κ2) is 5.16. The van der Waals surface area contributed by atoms with E-state index < -0.39 is 12.0 Å². The summed E-state index contributed by atoms with van der Waals surface area (Å²) >= 11 is 0. The smallest absolute Gasteiger partial charge is 0.366 e. The van der Waals surface area contributed by atoms with E-state index in [0.29, 0.717) is 11.7 Å². The molecule has 0 saturated heterocycles. The second-order valence-electron chi connectivity index (χ2n) is 5.52. The van der Waals surface area contributed by atoms with Crippen LogP contribution >= 0.6 is 0 Å². The number of aromatic nitrogens is 4. The zero-order chi connectivity index (χ0) is 15.0. The normalized spacial score (nSPS) is 23.4. The Morgan fingerprint density at radius 3 is 2.67 bits per heavy atom. The minimum atomic E-state index is -4.57. The summed E-state index contributed by atoms with van der Waals surface area (Å²) in [5, 5.41) is 13.9. The molecule has 2 aromatic heterocycles. The first kappa shape index (κ1) is 14.1. The van der Waals surface area contributed by atoms with Gasteiger partial charge >= 0.3 is 6.18 Å². The highest BCUT2D eigenvalue weighted by Crippen LogP contribution is 2.29. The highest BCUT2D eigenvalue weighted by Gasteiger charge is 2.37. The molecule has 0 bridgehead atoms. The lowest BCUT2D eigenvalue weighted by molar-refractivity contribution is -0.146. The van der Waals surface area contributed by atoms with Crippen molar-refractivity contribution in [3.63, 3.8) is 0 Å². The predicted molar refractivity (Wildman–Crippen MR) is 70.8 cm³/mol. The van der Waals surface area contributed by atoms with Crippen molar-refractivity contribution in [1.29, 1.82) is 0 Å².